The van der Waals surface area contributed by atoms with Gasteiger partial charge in [-0.05, 0) is 54.2 Å². The summed E-state index contributed by atoms with van der Waals surface area (Å²) in [6.07, 6.45) is 3.79. The monoisotopic (exact) mass is 384 g/mol. The number of hydrogen-bond donors (Lipinski definition) is 2. The highest BCUT2D eigenvalue weighted by atomic mass is 19.1. The molecular formula is C23H29FN2O2. The van der Waals surface area contributed by atoms with Crippen LogP contribution in [0.2, 0.25) is 0 Å². The Morgan fingerprint density at radius 2 is 2.00 bits per heavy atom. The lowest BCUT2D eigenvalue weighted by atomic mass is 9.94. The number of nitrogens with one attached hydrogen (secondary N) is 2. The molecule has 0 amide bonds. The fraction of sp³-hybridized carbons (Fsp3) is 0.478. The van der Waals surface area contributed by atoms with Crippen molar-refractivity contribution >= 4 is 0 Å². The molecule has 2 aromatic rings. The van der Waals surface area contributed by atoms with E-state index in [9.17, 15) is 4.39 Å². The van der Waals surface area contributed by atoms with Gasteiger partial charge in [-0.1, -0.05) is 30.7 Å². The minimum Gasteiger partial charge on any atom is -0.489 e. The Bertz CT molecular complexity index is 747. The smallest absolute Gasteiger partial charge is 0.123 e. The average molecular weight is 384 g/mol. The summed E-state index contributed by atoms with van der Waals surface area (Å²) in [5, 5.41) is 7.37. The summed E-state index contributed by atoms with van der Waals surface area (Å²) in [6, 6.07) is 15.7. The second-order valence-electron chi connectivity index (χ2n) is 7.78. The summed E-state index contributed by atoms with van der Waals surface area (Å²) in [5.41, 5.74) is 2.08. The molecule has 4 nitrogen and oxygen atoms in total. The van der Waals surface area contributed by atoms with Crippen LogP contribution >= 0.6 is 0 Å². The van der Waals surface area contributed by atoms with Crippen molar-refractivity contribution in [2.75, 3.05) is 19.8 Å². The maximum absolute atomic E-state index is 13.2. The molecule has 0 bridgehead atoms. The number of rotatable bonds is 7. The topological polar surface area (TPSA) is 42.5 Å². The van der Waals surface area contributed by atoms with Gasteiger partial charge in [-0.3, -0.25) is 0 Å². The largest absolute Gasteiger partial charge is 0.489 e. The molecule has 3 unspecified atom stereocenters. The molecule has 1 aliphatic carbocycles. The summed E-state index contributed by atoms with van der Waals surface area (Å²) >= 11 is 0. The van der Waals surface area contributed by atoms with Crippen molar-refractivity contribution in [3.05, 3.63) is 65.5 Å². The maximum Gasteiger partial charge on any atom is 0.123 e. The van der Waals surface area contributed by atoms with Crippen molar-refractivity contribution in [2.45, 2.75) is 44.5 Å². The standard InChI is InChI=1S/C23H29FN2O2/c24-19-4-1-3-18(13-19)15-28-20-9-7-17(8-10-20)14-26-22-6-2-5-21(22)23-16-27-12-11-25-23/h1,3-4,7-10,13,21-23,25-26H,2,5-6,11-12,14-16H2. The van der Waals surface area contributed by atoms with Crippen molar-refractivity contribution in [3.63, 3.8) is 0 Å². The zero-order chi connectivity index (χ0) is 19.2. The minimum absolute atomic E-state index is 0.234. The van der Waals surface area contributed by atoms with Crippen LogP contribution in [-0.2, 0) is 17.9 Å². The van der Waals surface area contributed by atoms with E-state index in [1.54, 1.807) is 6.07 Å². The van der Waals surface area contributed by atoms with Gasteiger partial charge < -0.3 is 20.1 Å². The van der Waals surface area contributed by atoms with Crippen LogP contribution in [0.3, 0.4) is 0 Å². The quantitative estimate of drug-likeness (QED) is 0.765. The molecule has 150 valence electrons. The van der Waals surface area contributed by atoms with Crippen molar-refractivity contribution in [1.82, 2.24) is 10.6 Å². The van der Waals surface area contributed by atoms with Crippen LogP contribution < -0.4 is 15.4 Å². The summed E-state index contributed by atoms with van der Waals surface area (Å²) in [5.74, 6) is 1.22. The summed E-state index contributed by atoms with van der Waals surface area (Å²) in [7, 11) is 0. The first-order valence-corrected chi connectivity index (χ1v) is 10.3. The first-order chi connectivity index (χ1) is 13.8. The molecule has 3 atom stereocenters. The summed E-state index contributed by atoms with van der Waals surface area (Å²) in [6.45, 7) is 3.86. The predicted molar refractivity (Wildman–Crippen MR) is 108 cm³/mol. The van der Waals surface area contributed by atoms with Gasteiger partial charge >= 0.3 is 0 Å². The average Bonchev–Trinajstić information content (AvgIpc) is 3.21. The van der Waals surface area contributed by atoms with E-state index >= 15 is 0 Å². The summed E-state index contributed by atoms with van der Waals surface area (Å²) < 4.78 is 24.7. The highest BCUT2D eigenvalue weighted by molar-refractivity contribution is 5.28. The number of benzene rings is 2. The lowest BCUT2D eigenvalue weighted by Crippen LogP contribution is -2.50. The van der Waals surface area contributed by atoms with E-state index in [-0.39, 0.29) is 5.82 Å². The van der Waals surface area contributed by atoms with Crippen molar-refractivity contribution < 1.29 is 13.9 Å². The molecule has 1 heterocycles. The molecule has 2 aromatic carbocycles. The SMILES string of the molecule is Fc1cccc(COc2ccc(CNC3CCCC3C3COCCN3)cc2)c1. The van der Waals surface area contributed by atoms with Crippen LogP contribution in [0, 0.1) is 11.7 Å². The van der Waals surface area contributed by atoms with Gasteiger partial charge in [0.1, 0.15) is 18.2 Å². The molecule has 0 aromatic heterocycles. The Balaban J connectivity index is 1.26. The van der Waals surface area contributed by atoms with E-state index in [2.05, 4.69) is 22.8 Å². The van der Waals surface area contributed by atoms with Gasteiger partial charge in [0.15, 0.2) is 0 Å². The Morgan fingerprint density at radius 3 is 2.79 bits per heavy atom. The van der Waals surface area contributed by atoms with Gasteiger partial charge in [-0.2, -0.15) is 0 Å². The highest BCUT2D eigenvalue weighted by Crippen LogP contribution is 2.29. The Labute approximate surface area is 166 Å². The Morgan fingerprint density at radius 1 is 1.11 bits per heavy atom. The molecule has 2 aliphatic rings. The Hall–Kier alpha value is -1.95. The normalized spacial score (nSPS) is 25.0. The second kappa shape index (κ2) is 9.50. The zero-order valence-electron chi connectivity index (χ0n) is 16.2. The van der Waals surface area contributed by atoms with Gasteiger partial charge in [0.2, 0.25) is 0 Å². The van der Waals surface area contributed by atoms with Gasteiger partial charge in [0.05, 0.1) is 13.2 Å². The van der Waals surface area contributed by atoms with Crippen LogP contribution in [0.15, 0.2) is 48.5 Å². The van der Waals surface area contributed by atoms with E-state index < -0.39 is 0 Å². The van der Waals surface area contributed by atoms with Gasteiger partial charge in [0.25, 0.3) is 0 Å². The molecule has 2 fully saturated rings. The predicted octanol–water partition coefficient (Wildman–Crippen LogP) is 3.65. The van der Waals surface area contributed by atoms with Crippen LogP contribution in [0.1, 0.15) is 30.4 Å². The van der Waals surface area contributed by atoms with E-state index in [1.807, 2.05) is 18.2 Å². The first kappa shape index (κ1) is 19.4. The molecule has 0 spiro atoms. The van der Waals surface area contributed by atoms with E-state index in [4.69, 9.17) is 9.47 Å². The molecule has 28 heavy (non-hydrogen) atoms. The minimum atomic E-state index is -0.234. The lowest BCUT2D eigenvalue weighted by molar-refractivity contribution is 0.0524. The van der Waals surface area contributed by atoms with E-state index in [0.717, 1.165) is 37.6 Å². The number of halogens is 1. The molecule has 1 aliphatic heterocycles. The number of ether oxygens (including phenoxy) is 2. The molecule has 5 heteroatoms. The molecule has 1 saturated carbocycles. The molecule has 0 radical (unpaired) electrons. The van der Waals surface area contributed by atoms with Gasteiger partial charge in [-0.15, -0.1) is 0 Å². The molecule has 1 saturated heterocycles. The second-order valence-corrected chi connectivity index (χ2v) is 7.78. The first-order valence-electron chi connectivity index (χ1n) is 10.3. The van der Waals surface area contributed by atoms with Gasteiger partial charge in [0, 0.05) is 25.2 Å². The van der Waals surface area contributed by atoms with Gasteiger partial charge in [-0.25, -0.2) is 4.39 Å². The zero-order valence-corrected chi connectivity index (χ0v) is 16.2. The lowest BCUT2D eigenvalue weighted by Gasteiger charge is -2.33. The number of hydrogen-bond acceptors (Lipinski definition) is 4. The van der Waals surface area contributed by atoms with Crippen molar-refractivity contribution in [1.29, 1.82) is 0 Å². The fourth-order valence-corrected chi connectivity index (χ4v) is 4.33. The van der Waals surface area contributed by atoms with Crippen LogP contribution in [0.4, 0.5) is 4.39 Å². The molecule has 4 rings (SSSR count). The van der Waals surface area contributed by atoms with E-state index in [1.165, 1.54) is 37.0 Å². The Kier molecular flexibility index (Phi) is 6.57. The summed E-state index contributed by atoms with van der Waals surface area (Å²) in [4.78, 5) is 0. The van der Waals surface area contributed by atoms with Crippen LogP contribution in [0.25, 0.3) is 0 Å². The molecular weight excluding hydrogens is 355 g/mol. The third kappa shape index (κ3) is 5.10. The third-order valence-electron chi connectivity index (χ3n) is 5.82. The molecule has 2 N–H and O–H groups in total. The maximum atomic E-state index is 13.2. The fourth-order valence-electron chi connectivity index (χ4n) is 4.33. The number of morpholine rings is 1. The van der Waals surface area contributed by atoms with Crippen molar-refractivity contribution in [2.24, 2.45) is 5.92 Å². The van der Waals surface area contributed by atoms with Crippen molar-refractivity contribution in [3.8, 4) is 5.75 Å². The highest BCUT2D eigenvalue weighted by Gasteiger charge is 2.34. The van der Waals surface area contributed by atoms with Crippen LogP contribution in [0.5, 0.6) is 5.75 Å². The van der Waals surface area contributed by atoms with E-state index in [0.29, 0.717) is 24.6 Å². The third-order valence-corrected chi connectivity index (χ3v) is 5.82. The van der Waals surface area contributed by atoms with Crippen LogP contribution in [-0.4, -0.2) is 31.8 Å².